The van der Waals surface area contributed by atoms with Gasteiger partial charge in [0.05, 0.1) is 5.69 Å². The van der Waals surface area contributed by atoms with Crippen molar-refractivity contribution in [2.24, 2.45) is 5.73 Å². The highest BCUT2D eigenvalue weighted by molar-refractivity contribution is 5.42. The molecule has 1 aromatic carbocycles. The number of hydrogen-bond donors (Lipinski definition) is 1. The van der Waals surface area contributed by atoms with Crippen LogP contribution in [0.15, 0.2) is 24.3 Å². The minimum atomic E-state index is 0.0371. The molecule has 4 heteroatoms. The Morgan fingerprint density at radius 2 is 2.00 bits per heavy atom. The molecule has 1 atom stereocenters. The number of hydrogen-bond acceptors (Lipinski definition) is 3. The van der Waals surface area contributed by atoms with E-state index in [1.54, 1.807) is 0 Å². The quantitative estimate of drug-likeness (QED) is 0.880. The van der Waals surface area contributed by atoms with Gasteiger partial charge in [-0.15, -0.1) is 0 Å². The van der Waals surface area contributed by atoms with Gasteiger partial charge in [-0.3, -0.25) is 0 Å². The number of para-hydroxylation sites is 1. The predicted octanol–water partition coefficient (Wildman–Crippen LogP) is 2.29. The van der Waals surface area contributed by atoms with Gasteiger partial charge in [0.25, 0.3) is 0 Å². The lowest BCUT2D eigenvalue weighted by Gasteiger charge is -2.15. The summed E-state index contributed by atoms with van der Waals surface area (Å²) in [6.07, 6.45) is 0.906. The summed E-state index contributed by atoms with van der Waals surface area (Å²) in [6.45, 7) is 5.93. The van der Waals surface area contributed by atoms with Gasteiger partial charge >= 0.3 is 0 Å². The van der Waals surface area contributed by atoms with Gasteiger partial charge < -0.3 is 5.73 Å². The maximum Gasteiger partial charge on any atom is 0.148 e. The zero-order valence-electron chi connectivity index (χ0n) is 10.5. The third-order valence-electron chi connectivity index (χ3n) is 2.88. The molecule has 0 spiro atoms. The average molecular weight is 230 g/mol. The second-order valence-electron chi connectivity index (χ2n) is 4.19. The number of nitrogens with zero attached hydrogens (tertiary/aromatic N) is 3. The summed E-state index contributed by atoms with van der Waals surface area (Å²) >= 11 is 0. The average Bonchev–Trinajstić information content (AvgIpc) is 2.67. The van der Waals surface area contributed by atoms with Crippen LogP contribution in [0.1, 0.15) is 36.6 Å². The van der Waals surface area contributed by atoms with E-state index in [4.69, 9.17) is 5.73 Å². The minimum Gasteiger partial charge on any atom is -0.324 e. The Hall–Kier alpha value is -1.68. The van der Waals surface area contributed by atoms with Crippen molar-refractivity contribution in [2.75, 3.05) is 0 Å². The molecule has 0 amide bonds. The van der Waals surface area contributed by atoms with E-state index < -0.39 is 0 Å². The molecular weight excluding hydrogens is 212 g/mol. The summed E-state index contributed by atoms with van der Waals surface area (Å²) in [5, 5.41) is 4.41. The normalized spacial score (nSPS) is 12.7. The SMILES string of the molecule is CCC(N)c1ccccc1-n1nc(C)nc1C. The van der Waals surface area contributed by atoms with Crippen LogP contribution in [-0.4, -0.2) is 14.8 Å². The van der Waals surface area contributed by atoms with Crippen molar-refractivity contribution >= 4 is 0 Å². The summed E-state index contributed by atoms with van der Waals surface area (Å²) < 4.78 is 1.86. The molecule has 0 aliphatic heterocycles. The molecule has 1 heterocycles. The van der Waals surface area contributed by atoms with Crippen LogP contribution in [0.4, 0.5) is 0 Å². The first-order chi connectivity index (χ1) is 8.13. The Kier molecular flexibility index (Phi) is 3.24. The van der Waals surface area contributed by atoms with Gasteiger partial charge in [-0.1, -0.05) is 25.1 Å². The number of aryl methyl sites for hydroxylation is 2. The fourth-order valence-corrected chi connectivity index (χ4v) is 1.96. The molecule has 0 radical (unpaired) electrons. The largest absolute Gasteiger partial charge is 0.324 e. The minimum absolute atomic E-state index is 0.0371. The van der Waals surface area contributed by atoms with Crippen LogP contribution in [-0.2, 0) is 0 Å². The molecule has 17 heavy (non-hydrogen) atoms. The molecule has 1 unspecified atom stereocenters. The second kappa shape index (κ2) is 4.67. The molecule has 2 N–H and O–H groups in total. The lowest BCUT2D eigenvalue weighted by Crippen LogP contribution is -2.13. The van der Waals surface area contributed by atoms with Crippen molar-refractivity contribution in [3.63, 3.8) is 0 Å². The highest BCUT2D eigenvalue weighted by atomic mass is 15.3. The monoisotopic (exact) mass is 230 g/mol. The van der Waals surface area contributed by atoms with Gasteiger partial charge in [0.1, 0.15) is 11.6 Å². The van der Waals surface area contributed by atoms with Gasteiger partial charge in [0.15, 0.2) is 0 Å². The van der Waals surface area contributed by atoms with Crippen LogP contribution in [0, 0.1) is 13.8 Å². The molecule has 0 fully saturated rings. The topological polar surface area (TPSA) is 56.7 Å². The Balaban J connectivity index is 2.55. The Morgan fingerprint density at radius 1 is 1.29 bits per heavy atom. The highest BCUT2D eigenvalue weighted by Gasteiger charge is 2.13. The molecule has 0 bridgehead atoms. The summed E-state index contributed by atoms with van der Waals surface area (Å²) in [7, 11) is 0. The van der Waals surface area contributed by atoms with Gasteiger partial charge in [-0.25, -0.2) is 9.67 Å². The van der Waals surface area contributed by atoms with E-state index in [2.05, 4.69) is 23.1 Å². The zero-order valence-corrected chi connectivity index (χ0v) is 10.5. The first-order valence-corrected chi connectivity index (χ1v) is 5.88. The fourth-order valence-electron chi connectivity index (χ4n) is 1.96. The first-order valence-electron chi connectivity index (χ1n) is 5.88. The van der Waals surface area contributed by atoms with Gasteiger partial charge in [-0.2, -0.15) is 5.10 Å². The molecule has 1 aromatic heterocycles. The van der Waals surface area contributed by atoms with Crippen LogP contribution < -0.4 is 5.73 Å². The molecule has 0 aliphatic rings. The first kappa shape index (κ1) is 11.8. The third kappa shape index (κ3) is 2.22. The summed E-state index contributed by atoms with van der Waals surface area (Å²) in [5.41, 5.74) is 8.27. The van der Waals surface area contributed by atoms with E-state index >= 15 is 0 Å². The maximum atomic E-state index is 6.13. The molecule has 90 valence electrons. The number of nitrogens with two attached hydrogens (primary N) is 1. The van der Waals surface area contributed by atoms with E-state index in [1.807, 2.05) is 36.7 Å². The number of rotatable bonds is 3. The Bertz CT molecular complexity index is 516. The van der Waals surface area contributed by atoms with Crippen LogP contribution in [0.5, 0.6) is 0 Å². The maximum absolute atomic E-state index is 6.13. The van der Waals surface area contributed by atoms with Crippen molar-refractivity contribution in [1.82, 2.24) is 14.8 Å². The van der Waals surface area contributed by atoms with E-state index in [0.29, 0.717) is 0 Å². The van der Waals surface area contributed by atoms with E-state index in [-0.39, 0.29) is 6.04 Å². The van der Waals surface area contributed by atoms with Gasteiger partial charge in [-0.05, 0) is 31.9 Å². The Morgan fingerprint density at radius 3 is 2.59 bits per heavy atom. The lowest BCUT2D eigenvalue weighted by molar-refractivity contribution is 0.683. The number of aromatic nitrogens is 3. The second-order valence-corrected chi connectivity index (χ2v) is 4.19. The molecule has 2 aromatic rings. The smallest absolute Gasteiger partial charge is 0.148 e. The third-order valence-corrected chi connectivity index (χ3v) is 2.88. The van der Waals surface area contributed by atoms with Crippen molar-refractivity contribution in [1.29, 1.82) is 0 Å². The van der Waals surface area contributed by atoms with Crippen LogP contribution in [0.2, 0.25) is 0 Å². The standard InChI is InChI=1S/C13H18N4/c1-4-12(14)11-7-5-6-8-13(11)17-10(3)15-9(2)16-17/h5-8,12H,4,14H2,1-3H3. The van der Waals surface area contributed by atoms with E-state index in [9.17, 15) is 0 Å². The fraction of sp³-hybridized carbons (Fsp3) is 0.385. The summed E-state index contributed by atoms with van der Waals surface area (Å²) in [6, 6.07) is 8.13. The number of benzene rings is 1. The summed E-state index contributed by atoms with van der Waals surface area (Å²) in [5.74, 6) is 1.67. The van der Waals surface area contributed by atoms with Gasteiger partial charge in [0, 0.05) is 6.04 Å². The highest BCUT2D eigenvalue weighted by Crippen LogP contribution is 2.22. The van der Waals surface area contributed by atoms with Crippen LogP contribution >= 0.6 is 0 Å². The van der Waals surface area contributed by atoms with E-state index in [1.165, 1.54) is 0 Å². The molecule has 0 saturated heterocycles. The molecular formula is C13H18N4. The van der Waals surface area contributed by atoms with E-state index in [0.717, 1.165) is 29.3 Å². The van der Waals surface area contributed by atoms with Gasteiger partial charge in [0.2, 0.25) is 0 Å². The molecule has 4 nitrogen and oxygen atoms in total. The Labute approximate surface area is 101 Å². The van der Waals surface area contributed by atoms with Crippen LogP contribution in [0.3, 0.4) is 0 Å². The molecule has 2 rings (SSSR count). The van der Waals surface area contributed by atoms with Crippen molar-refractivity contribution in [3.05, 3.63) is 41.5 Å². The zero-order chi connectivity index (χ0) is 12.4. The molecule has 0 saturated carbocycles. The lowest BCUT2D eigenvalue weighted by atomic mass is 10.0. The van der Waals surface area contributed by atoms with Crippen molar-refractivity contribution in [2.45, 2.75) is 33.2 Å². The van der Waals surface area contributed by atoms with Crippen molar-refractivity contribution < 1.29 is 0 Å². The molecule has 0 aliphatic carbocycles. The van der Waals surface area contributed by atoms with Crippen molar-refractivity contribution in [3.8, 4) is 5.69 Å². The predicted molar refractivity (Wildman–Crippen MR) is 68.1 cm³/mol. The van der Waals surface area contributed by atoms with Crippen LogP contribution in [0.25, 0.3) is 5.69 Å². The summed E-state index contributed by atoms with van der Waals surface area (Å²) in [4.78, 5) is 4.32.